The highest BCUT2D eigenvalue weighted by atomic mass is 35.5. The zero-order chi connectivity index (χ0) is 22.1. The van der Waals surface area contributed by atoms with Gasteiger partial charge in [0.25, 0.3) is 5.56 Å². The molecule has 2 aromatic carbocycles. The van der Waals surface area contributed by atoms with Crippen LogP contribution in [0.1, 0.15) is 22.4 Å². The van der Waals surface area contributed by atoms with E-state index in [2.05, 4.69) is 26.9 Å². The number of anilines is 1. The van der Waals surface area contributed by atoms with Crippen LogP contribution in [0.15, 0.2) is 47.3 Å². The maximum Gasteiger partial charge on any atom is 0.256 e. The van der Waals surface area contributed by atoms with Crippen molar-refractivity contribution in [1.29, 1.82) is 0 Å². The first-order valence-corrected chi connectivity index (χ1v) is 11.1. The van der Waals surface area contributed by atoms with E-state index in [1.165, 1.54) is 5.56 Å². The molecule has 1 saturated heterocycles. The Morgan fingerprint density at radius 1 is 1.00 bits per heavy atom. The Labute approximate surface area is 191 Å². The first-order valence-electron chi connectivity index (χ1n) is 10.8. The highest BCUT2D eigenvalue weighted by Gasteiger charge is 2.21. The molecule has 0 amide bonds. The molecule has 1 aromatic heterocycles. The Morgan fingerprint density at radius 2 is 1.72 bits per heavy atom. The van der Waals surface area contributed by atoms with E-state index in [1.54, 1.807) is 0 Å². The molecule has 2 aliphatic heterocycles. The molecule has 3 heterocycles. The van der Waals surface area contributed by atoms with E-state index in [0.29, 0.717) is 29.7 Å². The third kappa shape index (κ3) is 4.45. The van der Waals surface area contributed by atoms with Gasteiger partial charge in [-0.05, 0) is 42.3 Å². The van der Waals surface area contributed by atoms with Gasteiger partial charge in [-0.25, -0.2) is 4.98 Å². The first-order chi connectivity index (χ1) is 15.5. The Hall–Kier alpha value is -3.03. The number of benzene rings is 2. The summed E-state index contributed by atoms with van der Waals surface area (Å²) in [6, 6.07) is 13.7. The number of aromatic amines is 1. The molecular weight excluding hydrogens is 428 g/mol. The minimum absolute atomic E-state index is 0.0785. The molecule has 0 spiro atoms. The van der Waals surface area contributed by atoms with Gasteiger partial charge in [-0.15, -0.1) is 0 Å². The van der Waals surface area contributed by atoms with Gasteiger partial charge in [0.1, 0.15) is 0 Å². The van der Waals surface area contributed by atoms with Crippen molar-refractivity contribution >= 4 is 17.5 Å². The lowest BCUT2D eigenvalue weighted by Gasteiger charge is -2.35. The molecule has 2 aliphatic rings. The fraction of sp³-hybridized carbons (Fsp3) is 0.333. The lowest BCUT2D eigenvalue weighted by molar-refractivity contribution is 0.174. The van der Waals surface area contributed by atoms with E-state index in [-0.39, 0.29) is 5.56 Å². The van der Waals surface area contributed by atoms with E-state index in [4.69, 9.17) is 26.1 Å². The predicted octanol–water partition coefficient (Wildman–Crippen LogP) is 3.37. The van der Waals surface area contributed by atoms with Gasteiger partial charge >= 0.3 is 0 Å². The minimum Gasteiger partial charge on any atom is -0.454 e. The van der Waals surface area contributed by atoms with Gasteiger partial charge in [0, 0.05) is 49.7 Å². The van der Waals surface area contributed by atoms with Crippen LogP contribution in [-0.2, 0) is 13.0 Å². The fourth-order valence-corrected chi connectivity index (χ4v) is 4.30. The molecule has 0 aliphatic carbocycles. The smallest absolute Gasteiger partial charge is 0.256 e. The van der Waals surface area contributed by atoms with Gasteiger partial charge in [0.2, 0.25) is 12.7 Å². The van der Waals surface area contributed by atoms with Crippen molar-refractivity contribution in [2.45, 2.75) is 19.9 Å². The molecule has 0 radical (unpaired) electrons. The number of nitrogens with zero attached hydrogens (tertiary/aromatic N) is 3. The molecule has 0 atom stereocenters. The zero-order valence-electron chi connectivity index (χ0n) is 17.9. The number of aromatic nitrogens is 2. The molecule has 0 saturated carbocycles. The van der Waals surface area contributed by atoms with E-state index in [1.807, 2.05) is 37.3 Å². The van der Waals surface area contributed by atoms with Crippen LogP contribution >= 0.6 is 11.6 Å². The van der Waals surface area contributed by atoms with Gasteiger partial charge in [-0.2, -0.15) is 0 Å². The number of rotatable bonds is 5. The maximum atomic E-state index is 12.8. The van der Waals surface area contributed by atoms with E-state index in [9.17, 15) is 4.79 Å². The number of piperazine rings is 1. The van der Waals surface area contributed by atoms with Crippen LogP contribution in [0.2, 0.25) is 5.02 Å². The highest BCUT2D eigenvalue weighted by molar-refractivity contribution is 6.30. The van der Waals surface area contributed by atoms with Crippen LogP contribution in [-0.4, -0.2) is 47.8 Å². The molecule has 1 fully saturated rings. The molecule has 7 nitrogen and oxygen atoms in total. The van der Waals surface area contributed by atoms with Crippen molar-refractivity contribution in [1.82, 2.24) is 14.9 Å². The largest absolute Gasteiger partial charge is 0.454 e. The second kappa shape index (κ2) is 8.84. The van der Waals surface area contributed by atoms with Crippen molar-refractivity contribution in [2.75, 3.05) is 37.9 Å². The van der Waals surface area contributed by atoms with Gasteiger partial charge in [-0.1, -0.05) is 29.8 Å². The van der Waals surface area contributed by atoms with Gasteiger partial charge in [0.15, 0.2) is 11.5 Å². The first kappa shape index (κ1) is 20.8. The van der Waals surface area contributed by atoms with Gasteiger partial charge in [-0.3, -0.25) is 14.7 Å². The standard InChI is InChI=1S/C24H25ClN4O3/c1-16-20(12-17-2-5-19(25)6-3-17)23(30)27-24(26-16)29-10-8-28(9-11-29)14-18-4-7-21-22(13-18)32-15-31-21/h2-7,13H,8-12,14-15H2,1H3,(H,26,27,30). The van der Waals surface area contributed by atoms with Crippen LogP contribution in [0, 0.1) is 6.92 Å². The number of fused-ring (bicyclic) bond motifs is 1. The van der Waals surface area contributed by atoms with Gasteiger partial charge in [0.05, 0.1) is 5.69 Å². The monoisotopic (exact) mass is 452 g/mol. The van der Waals surface area contributed by atoms with Crippen LogP contribution in [0.5, 0.6) is 11.5 Å². The molecular formula is C24H25ClN4O3. The van der Waals surface area contributed by atoms with Crippen LogP contribution in [0.25, 0.3) is 0 Å². The van der Waals surface area contributed by atoms with E-state index in [0.717, 1.165) is 55.5 Å². The van der Waals surface area contributed by atoms with Gasteiger partial charge < -0.3 is 14.4 Å². The van der Waals surface area contributed by atoms with Crippen molar-refractivity contribution < 1.29 is 9.47 Å². The summed E-state index contributed by atoms with van der Waals surface area (Å²) in [5, 5.41) is 0.686. The Kier molecular flexibility index (Phi) is 5.76. The summed E-state index contributed by atoms with van der Waals surface area (Å²) in [7, 11) is 0. The average Bonchev–Trinajstić information content (AvgIpc) is 3.26. The zero-order valence-corrected chi connectivity index (χ0v) is 18.7. The maximum absolute atomic E-state index is 12.8. The van der Waals surface area contributed by atoms with Crippen LogP contribution < -0.4 is 19.9 Å². The van der Waals surface area contributed by atoms with Crippen LogP contribution in [0.4, 0.5) is 5.95 Å². The molecule has 0 bridgehead atoms. The number of nitrogens with one attached hydrogen (secondary N) is 1. The Balaban J connectivity index is 1.22. The second-order valence-corrected chi connectivity index (χ2v) is 8.64. The molecule has 32 heavy (non-hydrogen) atoms. The number of ether oxygens (including phenoxy) is 2. The molecule has 1 N–H and O–H groups in total. The predicted molar refractivity (Wildman–Crippen MR) is 124 cm³/mol. The fourth-order valence-electron chi connectivity index (χ4n) is 4.18. The van der Waals surface area contributed by atoms with Crippen molar-refractivity contribution in [2.24, 2.45) is 0 Å². The molecule has 5 rings (SSSR count). The molecule has 3 aromatic rings. The number of hydrogen-bond donors (Lipinski definition) is 1. The quantitative estimate of drug-likeness (QED) is 0.640. The molecule has 166 valence electrons. The summed E-state index contributed by atoms with van der Waals surface area (Å²) in [5.74, 6) is 2.27. The van der Waals surface area contributed by atoms with Crippen molar-refractivity contribution in [3.05, 3.63) is 80.2 Å². The number of halogens is 1. The lowest BCUT2D eigenvalue weighted by atomic mass is 10.1. The SMILES string of the molecule is Cc1nc(N2CCN(Cc3ccc4c(c3)OCO4)CC2)[nH]c(=O)c1Cc1ccc(Cl)cc1. The highest BCUT2D eigenvalue weighted by Crippen LogP contribution is 2.32. The summed E-state index contributed by atoms with van der Waals surface area (Å²) < 4.78 is 10.9. The summed E-state index contributed by atoms with van der Waals surface area (Å²) in [6.07, 6.45) is 0.537. The van der Waals surface area contributed by atoms with E-state index >= 15 is 0 Å². The number of aryl methyl sites for hydroxylation is 1. The Morgan fingerprint density at radius 3 is 2.47 bits per heavy atom. The summed E-state index contributed by atoms with van der Waals surface area (Å²) in [6.45, 7) is 6.45. The number of H-pyrrole nitrogens is 1. The number of hydrogen-bond acceptors (Lipinski definition) is 6. The summed E-state index contributed by atoms with van der Waals surface area (Å²) in [4.78, 5) is 25.0. The third-order valence-electron chi connectivity index (χ3n) is 6.02. The third-order valence-corrected chi connectivity index (χ3v) is 6.27. The summed E-state index contributed by atoms with van der Waals surface area (Å²) >= 11 is 5.96. The summed E-state index contributed by atoms with van der Waals surface area (Å²) in [5.41, 5.74) is 3.62. The molecule has 8 heteroatoms. The topological polar surface area (TPSA) is 70.7 Å². The van der Waals surface area contributed by atoms with E-state index < -0.39 is 0 Å². The average molecular weight is 453 g/mol. The second-order valence-electron chi connectivity index (χ2n) is 8.21. The minimum atomic E-state index is -0.0785. The lowest BCUT2D eigenvalue weighted by Crippen LogP contribution is -2.47. The normalized spacial score (nSPS) is 15.9. The van der Waals surface area contributed by atoms with Crippen molar-refractivity contribution in [3.8, 4) is 11.5 Å². The van der Waals surface area contributed by atoms with Crippen LogP contribution in [0.3, 0.4) is 0 Å². The Bertz CT molecular complexity index is 1170. The van der Waals surface area contributed by atoms with Crippen molar-refractivity contribution in [3.63, 3.8) is 0 Å². The molecule has 0 unspecified atom stereocenters.